The molecule has 21 heavy (non-hydrogen) atoms. The summed E-state index contributed by atoms with van der Waals surface area (Å²) >= 11 is 6.03. The van der Waals surface area contributed by atoms with Crippen molar-refractivity contribution in [1.29, 1.82) is 0 Å². The van der Waals surface area contributed by atoms with Gasteiger partial charge in [-0.25, -0.2) is 13.1 Å². The van der Waals surface area contributed by atoms with Gasteiger partial charge in [-0.2, -0.15) is 0 Å². The van der Waals surface area contributed by atoms with Crippen LogP contribution in [-0.4, -0.2) is 46.5 Å². The van der Waals surface area contributed by atoms with E-state index in [4.69, 9.17) is 11.6 Å². The molecule has 1 aliphatic carbocycles. The van der Waals surface area contributed by atoms with Crippen molar-refractivity contribution in [3.63, 3.8) is 0 Å². The lowest BCUT2D eigenvalue weighted by Crippen LogP contribution is -2.34. The van der Waals surface area contributed by atoms with E-state index < -0.39 is 10.0 Å². The van der Waals surface area contributed by atoms with E-state index in [-0.39, 0.29) is 9.92 Å². The predicted molar refractivity (Wildman–Crippen MR) is 85.1 cm³/mol. The topological polar surface area (TPSA) is 61.4 Å². The molecular formula is C14H22ClN3O2S. The minimum absolute atomic E-state index is 0.144. The maximum absolute atomic E-state index is 12.3. The standard InChI is InChI=1S/C14H22ClN3O2S/c1-16-10-11-3-6-13(15)14(9-11)21(19,20)17-7-8-18(2)12-4-5-12/h3,6,9,12,16-17H,4-5,7-8,10H2,1-2H3. The Morgan fingerprint density at radius 1 is 1.38 bits per heavy atom. The van der Waals surface area contributed by atoms with Gasteiger partial charge in [0.25, 0.3) is 0 Å². The smallest absolute Gasteiger partial charge is 0.242 e. The molecular weight excluding hydrogens is 310 g/mol. The Morgan fingerprint density at radius 3 is 2.71 bits per heavy atom. The summed E-state index contributed by atoms with van der Waals surface area (Å²) in [6.07, 6.45) is 2.42. The van der Waals surface area contributed by atoms with Crippen LogP contribution in [0.3, 0.4) is 0 Å². The van der Waals surface area contributed by atoms with E-state index in [1.165, 1.54) is 12.8 Å². The summed E-state index contributed by atoms with van der Waals surface area (Å²) in [7, 11) is 0.265. The van der Waals surface area contributed by atoms with Crippen LogP contribution in [0.25, 0.3) is 0 Å². The molecule has 0 bridgehead atoms. The quantitative estimate of drug-likeness (QED) is 0.756. The van der Waals surface area contributed by atoms with Gasteiger partial charge in [0.1, 0.15) is 4.90 Å². The van der Waals surface area contributed by atoms with E-state index in [0.717, 1.165) is 5.56 Å². The molecule has 0 heterocycles. The minimum atomic E-state index is -3.57. The summed E-state index contributed by atoms with van der Waals surface area (Å²) in [6, 6.07) is 5.68. The van der Waals surface area contributed by atoms with E-state index in [0.29, 0.717) is 25.7 Å². The molecule has 1 aromatic carbocycles. The van der Waals surface area contributed by atoms with Crippen LogP contribution in [0, 0.1) is 0 Å². The van der Waals surface area contributed by atoms with Crippen molar-refractivity contribution in [2.75, 3.05) is 27.2 Å². The maximum atomic E-state index is 12.3. The van der Waals surface area contributed by atoms with Gasteiger partial charge < -0.3 is 10.2 Å². The van der Waals surface area contributed by atoms with Crippen molar-refractivity contribution < 1.29 is 8.42 Å². The number of likely N-dealkylation sites (N-methyl/N-ethyl adjacent to an activating group) is 1. The Kier molecular flexibility index (Phi) is 5.62. The first-order valence-electron chi connectivity index (χ1n) is 7.07. The van der Waals surface area contributed by atoms with Crippen LogP contribution >= 0.6 is 11.6 Å². The van der Waals surface area contributed by atoms with Crippen molar-refractivity contribution in [3.8, 4) is 0 Å². The normalized spacial score (nSPS) is 15.6. The van der Waals surface area contributed by atoms with Crippen LogP contribution in [0.1, 0.15) is 18.4 Å². The van der Waals surface area contributed by atoms with Gasteiger partial charge in [-0.15, -0.1) is 0 Å². The number of sulfonamides is 1. The van der Waals surface area contributed by atoms with Gasteiger partial charge in [-0.3, -0.25) is 0 Å². The van der Waals surface area contributed by atoms with E-state index in [9.17, 15) is 8.42 Å². The van der Waals surface area contributed by atoms with Crippen LogP contribution < -0.4 is 10.0 Å². The number of nitrogens with one attached hydrogen (secondary N) is 2. The molecule has 1 aromatic rings. The highest BCUT2D eigenvalue weighted by Gasteiger charge is 2.26. The zero-order chi connectivity index (χ0) is 15.5. The molecule has 5 nitrogen and oxygen atoms in total. The van der Waals surface area contributed by atoms with Crippen LogP contribution in [0.15, 0.2) is 23.1 Å². The van der Waals surface area contributed by atoms with Crippen LogP contribution in [0.5, 0.6) is 0 Å². The lowest BCUT2D eigenvalue weighted by Gasteiger charge is -2.16. The molecule has 0 unspecified atom stereocenters. The van der Waals surface area contributed by atoms with Gasteiger partial charge in [0.15, 0.2) is 0 Å². The third-order valence-corrected chi connectivity index (χ3v) is 5.54. The Labute approximate surface area is 131 Å². The molecule has 1 aliphatic rings. The zero-order valence-electron chi connectivity index (χ0n) is 12.4. The van der Waals surface area contributed by atoms with Crippen molar-refractivity contribution in [1.82, 2.24) is 14.9 Å². The molecule has 2 rings (SSSR count). The third kappa shape index (κ3) is 4.66. The Hall–Kier alpha value is -0.660. The van der Waals surface area contributed by atoms with E-state index in [2.05, 4.69) is 14.9 Å². The lowest BCUT2D eigenvalue weighted by atomic mass is 10.2. The monoisotopic (exact) mass is 331 g/mol. The second kappa shape index (κ2) is 7.07. The summed E-state index contributed by atoms with van der Waals surface area (Å²) < 4.78 is 27.3. The molecule has 0 aliphatic heterocycles. The highest BCUT2D eigenvalue weighted by molar-refractivity contribution is 7.89. The number of benzene rings is 1. The number of hydrogen-bond donors (Lipinski definition) is 2. The minimum Gasteiger partial charge on any atom is -0.316 e. The second-order valence-electron chi connectivity index (χ2n) is 5.40. The predicted octanol–water partition coefficient (Wildman–Crippen LogP) is 1.43. The number of nitrogens with zero attached hydrogens (tertiary/aromatic N) is 1. The van der Waals surface area contributed by atoms with E-state index in [1.54, 1.807) is 12.1 Å². The largest absolute Gasteiger partial charge is 0.316 e. The Balaban J connectivity index is 2.01. The fourth-order valence-electron chi connectivity index (χ4n) is 2.20. The maximum Gasteiger partial charge on any atom is 0.242 e. The molecule has 0 amide bonds. The van der Waals surface area contributed by atoms with Gasteiger partial charge in [-0.1, -0.05) is 17.7 Å². The van der Waals surface area contributed by atoms with Gasteiger partial charge in [0, 0.05) is 25.7 Å². The Bertz CT molecular complexity index is 588. The zero-order valence-corrected chi connectivity index (χ0v) is 14.0. The summed E-state index contributed by atoms with van der Waals surface area (Å²) in [5, 5.41) is 3.24. The summed E-state index contributed by atoms with van der Waals surface area (Å²) in [5.74, 6) is 0. The molecule has 1 saturated carbocycles. The first-order valence-corrected chi connectivity index (χ1v) is 8.93. The fraction of sp³-hybridized carbons (Fsp3) is 0.571. The first kappa shape index (κ1) is 16.7. The fourth-order valence-corrected chi connectivity index (χ4v) is 3.77. The highest BCUT2D eigenvalue weighted by atomic mass is 35.5. The number of rotatable bonds is 8. The van der Waals surface area contributed by atoms with Crippen molar-refractivity contribution in [2.24, 2.45) is 0 Å². The number of halogens is 1. The SMILES string of the molecule is CNCc1ccc(Cl)c(S(=O)(=O)NCCN(C)C2CC2)c1. The van der Waals surface area contributed by atoms with Crippen molar-refractivity contribution >= 4 is 21.6 Å². The molecule has 7 heteroatoms. The highest BCUT2D eigenvalue weighted by Crippen LogP contribution is 2.25. The average Bonchev–Trinajstić information content (AvgIpc) is 3.25. The van der Waals surface area contributed by atoms with Crippen molar-refractivity contribution in [3.05, 3.63) is 28.8 Å². The van der Waals surface area contributed by atoms with E-state index in [1.807, 2.05) is 20.2 Å². The molecule has 118 valence electrons. The molecule has 0 spiro atoms. The van der Waals surface area contributed by atoms with Gasteiger partial charge in [-0.05, 0) is 44.6 Å². The summed E-state index contributed by atoms with van der Waals surface area (Å²) in [6.45, 7) is 1.70. The lowest BCUT2D eigenvalue weighted by molar-refractivity contribution is 0.329. The molecule has 0 aromatic heterocycles. The van der Waals surface area contributed by atoms with Crippen LogP contribution in [-0.2, 0) is 16.6 Å². The summed E-state index contributed by atoms with van der Waals surface area (Å²) in [4.78, 5) is 2.33. The van der Waals surface area contributed by atoms with Crippen LogP contribution in [0.2, 0.25) is 5.02 Å². The summed E-state index contributed by atoms with van der Waals surface area (Å²) in [5.41, 5.74) is 0.886. The van der Waals surface area contributed by atoms with E-state index >= 15 is 0 Å². The molecule has 1 fully saturated rings. The van der Waals surface area contributed by atoms with Gasteiger partial charge >= 0.3 is 0 Å². The average molecular weight is 332 g/mol. The van der Waals surface area contributed by atoms with Crippen LogP contribution in [0.4, 0.5) is 0 Å². The first-order chi connectivity index (χ1) is 9.94. The van der Waals surface area contributed by atoms with Gasteiger partial charge in [0.05, 0.1) is 5.02 Å². The third-order valence-electron chi connectivity index (χ3n) is 3.59. The molecule has 0 atom stereocenters. The van der Waals surface area contributed by atoms with Gasteiger partial charge in [0.2, 0.25) is 10.0 Å². The molecule has 2 N–H and O–H groups in total. The van der Waals surface area contributed by atoms with Crippen molar-refractivity contribution in [2.45, 2.75) is 30.3 Å². The number of hydrogen-bond acceptors (Lipinski definition) is 4. The molecule has 0 saturated heterocycles. The second-order valence-corrected chi connectivity index (χ2v) is 7.55. The Morgan fingerprint density at radius 2 is 2.10 bits per heavy atom. The molecule has 0 radical (unpaired) electrons.